The number of likely N-dealkylation sites (tertiary alicyclic amines) is 1. The Morgan fingerprint density at radius 2 is 1.64 bits per heavy atom. The van der Waals surface area contributed by atoms with E-state index >= 15 is 0 Å². The highest BCUT2D eigenvalue weighted by atomic mass is 32.2. The average molecular weight is 483 g/mol. The summed E-state index contributed by atoms with van der Waals surface area (Å²) in [7, 11) is -4.11. The van der Waals surface area contributed by atoms with Crippen LogP contribution < -0.4 is 4.90 Å². The van der Waals surface area contributed by atoms with E-state index < -0.39 is 32.7 Å². The maximum Gasteiger partial charge on any atom is 0.416 e. The Morgan fingerprint density at radius 1 is 0.970 bits per heavy atom. The number of amides is 2. The highest BCUT2D eigenvalue weighted by Crippen LogP contribution is 2.31. The molecule has 33 heavy (non-hydrogen) atoms. The van der Waals surface area contributed by atoms with Crippen LogP contribution in [0.25, 0.3) is 0 Å². The first kappa shape index (κ1) is 23.4. The Labute approximate surface area is 189 Å². The number of carbonyl (C=O) groups is 2. The third-order valence-electron chi connectivity index (χ3n) is 6.08. The Balaban J connectivity index is 1.42. The van der Waals surface area contributed by atoms with Crippen LogP contribution in [-0.2, 0) is 32.3 Å². The van der Waals surface area contributed by atoms with Gasteiger partial charge < -0.3 is 4.90 Å². The SMILES string of the molecule is O=C1C[C@@H]([NH+]2CCN(S(=O)(=O)c3cccc(C(F)(F)F)c3)CC2)C(=O)N1Cc1ccccc1. The fourth-order valence-electron chi connectivity index (χ4n) is 4.28. The molecule has 1 N–H and O–H groups in total. The van der Waals surface area contributed by atoms with Gasteiger partial charge in [-0.25, -0.2) is 8.42 Å². The lowest BCUT2D eigenvalue weighted by atomic mass is 10.2. The second-order valence-corrected chi connectivity index (χ2v) is 10.1. The predicted molar refractivity (Wildman–Crippen MR) is 111 cm³/mol. The van der Waals surface area contributed by atoms with Gasteiger partial charge in [-0.05, 0) is 23.8 Å². The molecule has 176 valence electrons. The molecule has 0 radical (unpaired) electrons. The van der Waals surface area contributed by atoms with Crippen LogP contribution in [0.3, 0.4) is 0 Å². The Kier molecular flexibility index (Phi) is 6.30. The standard InChI is InChI=1S/C22H22F3N3O4S/c23-22(24,25)17-7-4-8-18(13-17)33(31,32)27-11-9-26(10-12-27)19-14-20(29)28(21(19)30)15-16-5-2-1-3-6-16/h1-8,13,19H,9-12,14-15H2/p+1/t19-/m1/s1. The van der Waals surface area contributed by atoms with Gasteiger partial charge in [0.2, 0.25) is 15.9 Å². The van der Waals surface area contributed by atoms with Crippen LogP contribution in [0.15, 0.2) is 59.5 Å². The minimum absolute atomic E-state index is 0.0462. The van der Waals surface area contributed by atoms with Gasteiger partial charge in [0.25, 0.3) is 5.91 Å². The van der Waals surface area contributed by atoms with Crippen LogP contribution in [0.1, 0.15) is 17.5 Å². The van der Waals surface area contributed by atoms with Crippen LogP contribution in [0.4, 0.5) is 13.2 Å². The van der Waals surface area contributed by atoms with Crippen molar-refractivity contribution < 1.29 is 36.1 Å². The van der Waals surface area contributed by atoms with Gasteiger partial charge in [-0.3, -0.25) is 14.5 Å². The molecule has 2 aliphatic rings. The zero-order valence-corrected chi connectivity index (χ0v) is 18.4. The summed E-state index contributed by atoms with van der Waals surface area (Å²) in [5.74, 6) is -0.548. The first-order valence-corrected chi connectivity index (χ1v) is 11.9. The fraction of sp³-hybridized carbons (Fsp3) is 0.364. The first-order chi connectivity index (χ1) is 15.6. The molecule has 0 aromatic heterocycles. The highest BCUT2D eigenvalue weighted by molar-refractivity contribution is 7.89. The molecule has 2 aromatic carbocycles. The quantitative estimate of drug-likeness (QED) is 0.643. The molecule has 7 nitrogen and oxygen atoms in total. The minimum atomic E-state index is -4.64. The van der Waals surface area contributed by atoms with Crippen molar-refractivity contribution in [3.05, 3.63) is 65.7 Å². The number of imide groups is 1. The van der Waals surface area contributed by atoms with Crippen molar-refractivity contribution in [3.63, 3.8) is 0 Å². The van der Waals surface area contributed by atoms with Gasteiger partial charge in [-0.1, -0.05) is 36.4 Å². The van der Waals surface area contributed by atoms with E-state index in [1.165, 1.54) is 4.90 Å². The molecule has 2 aliphatic heterocycles. The molecule has 2 amide bonds. The zero-order chi connectivity index (χ0) is 23.8. The summed E-state index contributed by atoms with van der Waals surface area (Å²) in [6.45, 7) is 0.843. The van der Waals surface area contributed by atoms with Crippen LogP contribution >= 0.6 is 0 Å². The average Bonchev–Trinajstić information content (AvgIpc) is 3.08. The van der Waals surface area contributed by atoms with Gasteiger partial charge in [-0.2, -0.15) is 17.5 Å². The van der Waals surface area contributed by atoms with Crippen molar-refractivity contribution >= 4 is 21.8 Å². The maximum atomic E-state index is 13.0. The Bertz CT molecular complexity index is 1150. The summed E-state index contributed by atoms with van der Waals surface area (Å²) in [6.07, 6.45) is -4.59. The van der Waals surface area contributed by atoms with Crippen molar-refractivity contribution in [2.24, 2.45) is 0 Å². The fourth-order valence-corrected chi connectivity index (χ4v) is 5.77. The molecule has 0 saturated carbocycles. The van der Waals surface area contributed by atoms with Gasteiger partial charge in [0.1, 0.15) is 0 Å². The first-order valence-electron chi connectivity index (χ1n) is 10.5. The summed E-state index contributed by atoms with van der Waals surface area (Å²) < 4.78 is 65.9. The highest BCUT2D eigenvalue weighted by Gasteiger charge is 2.46. The summed E-state index contributed by atoms with van der Waals surface area (Å²) >= 11 is 0. The van der Waals surface area contributed by atoms with E-state index in [-0.39, 0.29) is 51.0 Å². The van der Waals surface area contributed by atoms with Crippen molar-refractivity contribution in [1.29, 1.82) is 0 Å². The summed E-state index contributed by atoms with van der Waals surface area (Å²) in [5, 5.41) is 0. The lowest BCUT2D eigenvalue weighted by molar-refractivity contribution is -0.918. The number of rotatable bonds is 5. The molecule has 1 atom stereocenters. The number of quaternary nitrogens is 1. The van der Waals surface area contributed by atoms with Crippen LogP contribution in [0.2, 0.25) is 0 Å². The summed E-state index contributed by atoms with van der Waals surface area (Å²) in [5.41, 5.74) is -0.187. The molecule has 0 bridgehead atoms. The van der Waals surface area contributed by atoms with Gasteiger partial charge in [-0.15, -0.1) is 0 Å². The van der Waals surface area contributed by atoms with Crippen LogP contribution in [0, 0.1) is 0 Å². The number of halogens is 3. The van der Waals surface area contributed by atoms with Crippen molar-refractivity contribution in [1.82, 2.24) is 9.21 Å². The lowest BCUT2D eigenvalue weighted by Gasteiger charge is -2.33. The number of alkyl halides is 3. The number of hydrogen-bond acceptors (Lipinski definition) is 4. The van der Waals surface area contributed by atoms with Crippen molar-refractivity contribution in [3.8, 4) is 0 Å². The Morgan fingerprint density at radius 3 is 2.27 bits per heavy atom. The molecule has 11 heteroatoms. The second-order valence-electron chi connectivity index (χ2n) is 8.15. The molecule has 2 aromatic rings. The summed E-state index contributed by atoms with van der Waals surface area (Å²) in [6, 6.07) is 12.2. The monoisotopic (exact) mass is 482 g/mol. The minimum Gasteiger partial charge on any atom is -0.322 e. The topological polar surface area (TPSA) is 79.2 Å². The van der Waals surface area contributed by atoms with E-state index in [1.54, 1.807) is 0 Å². The predicted octanol–water partition coefficient (Wildman–Crippen LogP) is 0.922. The van der Waals surface area contributed by atoms with Gasteiger partial charge in [0.15, 0.2) is 6.04 Å². The number of nitrogens with zero attached hydrogens (tertiary/aromatic N) is 2. The normalized spacial score (nSPS) is 21.1. The van der Waals surface area contributed by atoms with Gasteiger partial charge in [0, 0.05) is 0 Å². The molecule has 2 saturated heterocycles. The Hall–Kier alpha value is -2.76. The summed E-state index contributed by atoms with van der Waals surface area (Å²) in [4.78, 5) is 27.0. The van der Waals surface area contributed by atoms with E-state index in [9.17, 15) is 31.2 Å². The van der Waals surface area contributed by atoms with E-state index in [4.69, 9.17) is 0 Å². The number of nitrogens with one attached hydrogen (secondary N) is 1. The van der Waals surface area contributed by atoms with Crippen molar-refractivity contribution in [2.45, 2.75) is 30.1 Å². The zero-order valence-electron chi connectivity index (χ0n) is 17.6. The molecular weight excluding hydrogens is 459 g/mol. The van der Waals surface area contributed by atoms with E-state index in [2.05, 4.69) is 0 Å². The maximum absolute atomic E-state index is 13.0. The molecule has 2 fully saturated rings. The van der Waals surface area contributed by atoms with Gasteiger partial charge >= 0.3 is 6.18 Å². The molecule has 4 rings (SSSR count). The third kappa shape index (κ3) is 4.80. The number of hydrogen-bond donors (Lipinski definition) is 1. The lowest BCUT2D eigenvalue weighted by Crippen LogP contribution is -3.19. The van der Waals surface area contributed by atoms with E-state index in [1.807, 2.05) is 30.3 Å². The van der Waals surface area contributed by atoms with E-state index in [0.29, 0.717) is 6.07 Å². The number of sulfonamides is 1. The molecule has 0 unspecified atom stereocenters. The number of carbonyl (C=O) groups excluding carboxylic acids is 2. The number of benzene rings is 2. The van der Waals surface area contributed by atoms with E-state index in [0.717, 1.165) is 33.0 Å². The van der Waals surface area contributed by atoms with Crippen molar-refractivity contribution in [2.75, 3.05) is 26.2 Å². The van der Waals surface area contributed by atoms with Crippen LogP contribution in [-0.4, -0.2) is 61.7 Å². The smallest absolute Gasteiger partial charge is 0.322 e. The largest absolute Gasteiger partial charge is 0.416 e. The molecular formula is C22H23F3N3O4S+. The van der Waals surface area contributed by atoms with Crippen LogP contribution in [0.5, 0.6) is 0 Å². The van der Waals surface area contributed by atoms with Gasteiger partial charge in [0.05, 0.1) is 49.6 Å². The number of piperazine rings is 1. The molecule has 0 spiro atoms. The molecule has 0 aliphatic carbocycles. The second kappa shape index (κ2) is 8.88. The molecule has 2 heterocycles. The third-order valence-corrected chi connectivity index (χ3v) is 7.98.